The Labute approximate surface area is 147 Å². The number of aromatic nitrogens is 3. The van der Waals surface area contributed by atoms with E-state index < -0.39 is 0 Å². The number of piperazine rings is 1. The summed E-state index contributed by atoms with van der Waals surface area (Å²) >= 11 is 0. The molecule has 0 amide bonds. The van der Waals surface area contributed by atoms with Gasteiger partial charge >= 0.3 is 0 Å². The summed E-state index contributed by atoms with van der Waals surface area (Å²) in [5.74, 6) is 1.08. The Bertz CT molecular complexity index is 763. The lowest BCUT2D eigenvalue weighted by molar-refractivity contribution is 0.0245. The lowest BCUT2D eigenvalue weighted by atomic mass is 10.1. The maximum Gasteiger partial charge on any atom is 0.266 e. The SMILES string of the molecule is Cn1nc(CN2CC(N3CCN(c4ccccn4)CC3)C2)ccc1=O. The van der Waals surface area contributed by atoms with Crippen LogP contribution in [0.5, 0.6) is 0 Å². The van der Waals surface area contributed by atoms with Gasteiger partial charge in [-0.1, -0.05) is 6.07 Å². The Morgan fingerprint density at radius 1 is 1.08 bits per heavy atom. The molecular formula is C18H24N6O. The van der Waals surface area contributed by atoms with Crippen LogP contribution in [0, 0.1) is 0 Å². The molecule has 0 spiro atoms. The third kappa shape index (κ3) is 3.57. The van der Waals surface area contributed by atoms with Gasteiger partial charge < -0.3 is 4.90 Å². The van der Waals surface area contributed by atoms with Crippen molar-refractivity contribution < 1.29 is 0 Å². The molecule has 4 heterocycles. The van der Waals surface area contributed by atoms with Crippen molar-refractivity contribution in [3.05, 3.63) is 52.6 Å². The van der Waals surface area contributed by atoms with Gasteiger partial charge in [-0.05, 0) is 18.2 Å². The fourth-order valence-electron chi connectivity index (χ4n) is 3.62. The van der Waals surface area contributed by atoms with Gasteiger partial charge in [0, 0.05) is 71.2 Å². The van der Waals surface area contributed by atoms with E-state index in [2.05, 4.69) is 30.8 Å². The molecule has 0 N–H and O–H groups in total. The van der Waals surface area contributed by atoms with Crippen molar-refractivity contribution in [1.82, 2.24) is 24.6 Å². The number of nitrogens with zero attached hydrogens (tertiary/aromatic N) is 6. The smallest absolute Gasteiger partial charge is 0.266 e. The zero-order chi connectivity index (χ0) is 17.2. The van der Waals surface area contributed by atoms with Gasteiger partial charge in [0.2, 0.25) is 0 Å². The van der Waals surface area contributed by atoms with Crippen LogP contribution in [0.15, 0.2) is 41.3 Å². The molecule has 0 unspecified atom stereocenters. The van der Waals surface area contributed by atoms with Gasteiger partial charge in [-0.25, -0.2) is 9.67 Å². The zero-order valence-corrected chi connectivity index (χ0v) is 14.6. The Morgan fingerprint density at radius 2 is 1.88 bits per heavy atom. The van der Waals surface area contributed by atoms with Gasteiger partial charge in [-0.15, -0.1) is 0 Å². The number of rotatable bonds is 4. The van der Waals surface area contributed by atoms with Gasteiger partial charge in [-0.3, -0.25) is 14.6 Å². The summed E-state index contributed by atoms with van der Waals surface area (Å²) in [6.07, 6.45) is 1.86. The van der Waals surface area contributed by atoms with Gasteiger partial charge in [-0.2, -0.15) is 5.10 Å². The molecule has 2 aromatic heterocycles. The molecule has 7 nitrogen and oxygen atoms in total. The highest BCUT2D eigenvalue weighted by atomic mass is 16.1. The number of aryl methyl sites for hydroxylation is 1. The Balaban J connectivity index is 1.25. The maximum absolute atomic E-state index is 11.4. The first-order valence-corrected chi connectivity index (χ1v) is 8.85. The Kier molecular flexibility index (Phi) is 4.50. The van der Waals surface area contributed by atoms with E-state index in [0.717, 1.165) is 57.3 Å². The predicted molar refractivity (Wildman–Crippen MR) is 96.6 cm³/mol. The molecule has 0 aromatic carbocycles. The third-order valence-corrected chi connectivity index (χ3v) is 5.14. The van der Waals surface area contributed by atoms with E-state index in [9.17, 15) is 4.79 Å². The average Bonchev–Trinajstić information content (AvgIpc) is 2.62. The summed E-state index contributed by atoms with van der Waals surface area (Å²) in [5, 5.41) is 4.31. The van der Waals surface area contributed by atoms with Gasteiger partial charge in [0.15, 0.2) is 0 Å². The van der Waals surface area contributed by atoms with E-state index in [1.54, 1.807) is 13.1 Å². The zero-order valence-electron chi connectivity index (χ0n) is 14.6. The molecule has 7 heteroatoms. The lowest BCUT2D eigenvalue weighted by Crippen LogP contribution is -2.62. The molecule has 0 saturated carbocycles. The summed E-state index contributed by atoms with van der Waals surface area (Å²) in [7, 11) is 1.70. The van der Waals surface area contributed by atoms with Crippen LogP contribution >= 0.6 is 0 Å². The van der Waals surface area contributed by atoms with Gasteiger partial charge in [0.1, 0.15) is 5.82 Å². The summed E-state index contributed by atoms with van der Waals surface area (Å²) in [4.78, 5) is 23.2. The molecule has 2 fully saturated rings. The minimum atomic E-state index is -0.0592. The first kappa shape index (κ1) is 16.2. The van der Waals surface area contributed by atoms with E-state index in [-0.39, 0.29) is 5.56 Å². The van der Waals surface area contributed by atoms with Crippen LogP contribution in [-0.4, -0.2) is 69.9 Å². The van der Waals surface area contributed by atoms with E-state index in [1.165, 1.54) is 4.68 Å². The number of hydrogen-bond donors (Lipinski definition) is 0. The highest BCUT2D eigenvalue weighted by Gasteiger charge is 2.33. The lowest BCUT2D eigenvalue weighted by Gasteiger charge is -2.48. The largest absolute Gasteiger partial charge is 0.354 e. The van der Waals surface area contributed by atoms with E-state index in [0.29, 0.717) is 6.04 Å². The molecule has 2 aromatic rings. The van der Waals surface area contributed by atoms with Crippen molar-refractivity contribution in [3.63, 3.8) is 0 Å². The maximum atomic E-state index is 11.4. The van der Waals surface area contributed by atoms with Crippen molar-refractivity contribution in [2.75, 3.05) is 44.2 Å². The minimum absolute atomic E-state index is 0.0592. The molecule has 2 aliphatic rings. The highest BCUT2D eigenvalue weighted by molar-refractivity contribution is 5.38. The number of anilines is 1. The fourth-order valence-corrected chi connectivity index (χ4v) is 3.62. The minimum Gasteiger partial charge on any atom is -0.354 e. The van der Waals surface area contributed by atoms with Crippen LogP contribution in [0.25, 0.3) is 0 Å². The van der Waals surface area contributed by atoms with Crippen molar-refractivity contribution >= 4 is 5.82 Å². The van der Waals surface area contributed by atoms with Crippen LogP contribution in [0.4, 0.5) is 5.82 Å². The standard InChI is InChI=1S/C18H24N6O/c1-21-18(25)6-5-15(20-21)12-22-13-16(14-22)23-8-10-24(11-9-23)17-4-2-3-7-19-17/h2-7,16H,8-14H2,1H3. The number of pyridine rings is 1. The third-order valence-electron chi connectivity index (χ3n) is 5.14. The van der Waals surface area contributed by atoms with E-state index in [1.807, 2.05) is 24.4 Å². The topological polar surface area (TPSA) is 57.5 Å². The van der Waals surface area contributed by atoms with Crippen LogP contribution < -0.4 is 10.5 Å². The van der Waals surface area contributed by atoms with E-state index in [4.69, 9.17) is 0 Å². The number of hydrogen-bond acceptors (Lipinski definition) is 6. The summed E-state index contributed by atoms with van der Waals surface area (Å²) < 4.78 is 1.41. The second-order valence-corrected chi connectivity index (χ2v) is 6.85. The van der Waals surface area contributed by atoms with E-state index >= 15 is 0 Å². The molecule has 0 atom stereocenters. The predicted octanol–water partition coefficient (Wildman–Crippen LogP) is 0.182. The van der Waals surface area contributed by atoms with Crippen molar-refractivity contribution in [2.45, 2.75) is 12.6 Å². The molecule has 0 radical (unpaired) electrons. The van der Waals surface area contributed by atoms with Crippen molar-refractivity contribution in [2.24, 2.45) is 7.05 Å². The Morgan fingerprint density at radius 3 is 2.56 bits per heavy atom. The normalized spacial score (nSPS) is 19.8. The highest BCUT2D eigenvalue weighted by Crippen LogP contribution is 2.20. The molecule has 4 rings (SSSR count). The molecular weight excluding hydrogens is 316 g/mol. The molecule has 132 valence electrons. The quantitative estimate of drug-likeness (QED) is 0.792. The fraction of sp³-hybridized carbons (Fsp3) is 0.500. The first-order valence-electron chi connectivity index (χ1n) is 8.85. The average molecular weight is 340 g/mol. The second kappa shape index (κ2) is 6.93. The molecule has 0 bridgehead atoms. The molecule has 2 saturated heterocycles. The summed E-state index contributed by atoms with van der Waals surface area (Å²) in [5.41, 5.74) is 0.900. The monoisotopic (exact) mass is 340 g/mol. The molecule has 25 heavy (non-hydrogen) atoms. The van der Waals surface area contributed by atoms with Crippen LogP contribution in [0.1, 0.15) is 5.69 Å². The second-order valence-electron chi connectivity index (χ2n) is 6.85. The van der Waals surface area contributed by atoms with Crippen molar-refractivity contribution in [1.29, 1.82) is 0 Å². The van der Waals surface area contributed by atoms with Crippen LogP contribution in [0.2, 0.25) is 0 Å². The van der Waals surface area contributed by atoms with Crippen LogP contribution in [-0.2, 0) is 13.6 Å². The van der Waals surface area contributed by atoms with Gasteiger partial charge in [0.05, 0.1) is 5.69 Å². The number of likely N-dealkylation sites (tertiary alicyclic amines) is 1. The molecule has 2 aliphatic heterocycles. The first-order chi connectivity index (χ1) is 12.2. The summed E-state index contributed by atoms with van der Waals surface area (Å²) in [6.45, 7) is 7.23. The Hall–Kier alpha value is -2.25. The van der Waals surface area contributed by atoms with Crippen molar-refractivity contribution in [3.8, 4) is 0 Å². The van der Waals surface area contributed by atoms with Gasteiger partial charge in [0.25, 0.3) is 5.56 Å². The summed E-state index contributed by atoms with van der Waals surface area (Å²) in [6, 6.07) is 10.2. The van der Waals surface area contributed by atoms with Crippen LogP contribution in [0.3, 0.4) is 0 Å². The molecule has 0 aliphatic carbocycles.